The van der Waals surface area contributed by atoms with E-state index in [0.29, 0.717) is 0 Å². The van der Waals surface area contributed by atoms with Gasteiger partial charge in [0.25, 0.3) is 0 Å². The predicted molar refractivity (Wildman–Crippen MR) is 56.4 cm³/mol. The van der Waals surface area contributed by atoms with E-state index in [9.17, 15) is 4.79 Å². The van der Waals surface area contributed by atoms with Crippen LogP contribution in [0.15, 0.2) is 6.07 Å². The number of aryl methyl sites for hydroxylation is 2. The van der Waals surface area contributed by atoms with E-state index in [4.69, 9.17) is 5.11 Å². The standard InChI is InChI=1S/C10H17N3O2/c1-7-4-8(2)13(12-7)6-10(15)11-5-9(3)14/h4,9,14H,5-6H2,1-3H3,(H,11,15)/t9-/m1/s1. The lowest BCUT2D eigenvalue weighted by Gasteiger charge is -2.07. The van der Waals surface area contributed by atoms with Crippen molar-refractivity contribution >= 4 is 5.91 Å². The molecule has 0 spiro atoms. The van der Waals surface area contributed by atoms with Gasteiger partial charge in [-0.2, -0.15) is 5.10 Å². The fourth-order valence-corrected chi connectivity index (χ4v) is 1.29. The number of carbonyl (C=O) groups is 1. The molecule has 0 aliphatic heterocycles. The van der Waals surface area contributed by atoms with Crippen molar-refractivity contribution in [2.24, 2.45) is 0 Å². The molecule has 0 saturated carbocycles. The van der Waals surface area contributed by atoms with Crippen molar-refractivity contribution < 1.29 is 9.90 Å². The van der Waals surface area contributed by atoms with Crippen LogP contribution in [0.3, 0.4) is 0 Å². The van der Waals surface area contributed by atoms with Crippen molar-refractivity contribution in [1.29, 1.82) is 0 Å². The molecule has 1 amide bonds. The van der Waals surface area contributed by atoms with E-state index in [1.54, 1.807) is 11.6 Å². The summed E-state index contributed by atoms with van der Waals surface area (Å²) in [7, 11) is 0. The van der Waals surface area contributed by atoms with Gasteiger partial charge in [0.15, 0.2) is 0 Å². The molecule has 0 bridgehead atoms. The zero-order valence-corrected chi connectivity index (χ0v) is 9.32. The van der Waals surface area contributed by atoms with Crippen molar-refractivity contribution in [2.45, 2.75) is 33.4 Å². The first kappa shape index (κ1) is 11.7. The molecular formula is C10H17N3O2. The van der Waals surface area contributed by atoms with Gasteiger partial charge in [0.2, 0.25) is 5.91 Å². The number of hydrogen-bond donors (Lipinski definition) is 2. The molecule has 5 nitrogen and oxygen atoms in total. The fourth-order valence-electron chi connectivity index (χ4n) is 1.29. The highest BCUT2D eigenvalue weighted by Gasteiger charge is 2.07. The second-order valence-corrected chi connectivity index (χ2v) is 3.74. The maximum atomic E-state index is 11.4. The van der Waals surface area contributed by atoms with Crippen molar-refractivity contribution in [3.8, 4) is 0 Å². The number of nitrogens with zero attached hydrogens (tertiary/aromatic N) is 2. The van der Waals surface area contributed by atoms with Crippen molar-refractivity contribution in [3.05, 3.63) is 17.5 Å². The van der Waals surface area contributed by atoms with Gasteiger partial charge in [-0.3, -0.25) is 9.48 Å². The summed E-state index contributed by atoms with van der Waals surface area (Å²) in [6.45, 7) is 5.90. The highest BCUT2D eigenvalue weighted by Crippen LogP contribution is 2.00. The molecule has 1 heterocycles. The fraction of sp³-hybridized carbons (Fsp3) is 0.600. The van der Waals surface area contributed by atoms with Gasteiger partial charge in [-0.25, -0.2) is 0 Å². The van der Waals surface area contributed by atoms with Gasteiger partial charge in [0.05, 0.1) is 11.8 Å². The third kappa shape index (κ3) is 3.71. The van der Waals surface area contributed by atoms with Crippen LogP contribution in [-0.4, -0.2) is 33.4 Å². The smallest absolute Gasteiger partial charge is 0.241 e. The second kappa shape index (κ2) is 4.93. The molecule has 0 aromatic carbocycles. The zero-order valence-electron chi connectivity index (χ0n) is 9.32. The lowest BCUT2D eigenvalue weighted by molar-refractivity contribution is -0.122. The van der Waals surface area contributed by atoms with Crippen LogP contribution < -0.4 is 5.32 Å². The number of rotatable bonds is 4. The first-order valence-electron chi connectivity index (χ1n) is 4.95. The summed E-state index contributed by atoms with van der Waals surface area (Å²) >= 11 is 0. The molecule has 84 valence electrons. The number of amides is 1. The van der Waals surface area contributed by atoms with Gasteiger partial charge in [0, 0.05) is 12.2 Å². The monoisotopic (exact) mass is 211 g/mol. The van der Waals surface area contributed by atoms with Gasteiger partial charge < -0.3 is 10.4 Å². The van der Waals surface area contributed by atoms with Gasteiger partial charge in [-0.05, 0) is 26.8 Å². The molecule has 1 rings (SSSR count). The summed E-state index contributed by atoms with van der Waals surface area (Å²) in [6, 6.07) is 1.92. The van der Waals surface area contributed by atoms with E-state index >= 15 is 0 Å². The molecule has 15 heavy (non-hydrogen) atoms. The van der Waals surface area contributed by atoms with E-state index in [1.807, 2.05) is 19.9 Å². The number of carbonyl (C=O) groups excluding carboxylic acids is 1. The molecule has 0 fully saturated rings. The molecule has 1 aromatic heterocycles. The average Bonchev–Trinajstić information content (AvgIpc) is 2.42. The summed E-state index contributed by atoms with van der Waals surface area (Å²) in [5.41, 5.74) is 1.86. The summed E-state index contributed by atoms with van der Waals surface area (Å²) in [5, 5.41) is 15.8. The second-order valence-electron chi connectivity index (χ2n) is 3.74. The van der Waals surface area contributed by atoms with E-state index < -0.39 is 6.10 Å². The van der Waals surface area contributed by atoms with Crippen LogP contribution >= 0.6 is 0 Å². The molecule has 0 radical (unpaired) electrons. The Labute approximate surface area is 89.1 Å². The Balaban J connectivity index is 2.48. The molecule has 1 aromatic rings. The minimum Gasteiger partial charge on any atom is -0.392 e. The van der Waals surface area contributed by atoms with Crippen LogP contribution in [0, 0.1) is 13.8 Å². The quantitative estimate of drug-likeness (QED) is 0.736. The molecule has 0 saturated heterocycles. The molecule has 0 aliphatic carbocycles. The van der Waals surface area contributed by atoms with Gasteiger partial charge >= 0.3 is 0 Å². The minimum atomic E-state index is -0.519. The van der Waals surface area contributed by atoms with Crippen molar-refractivity contribution in [1.82, 2.24) is 15.1 Å². The van der Waals surface area contributed by atoms with Gasteiger partial charge in [0.1, 0.15) is 6.54 Å². The average molecular weight is 211 g/mol. The molecule has 2 N–H and O–H groups in total. The molecule has 5 heteroatoms. The normalized spacial score (nSPS) is 12.5. The Bertz CT molecular complexity index is 344. The minimum absolute atomic E-state index is 0.137. The number of aliphatic hydroxyl groups excluding tert-OH is 1. The van der Waals surface area contributed by atoms with Crippen LogP contribution in [0.1, 0.15) is 18.3 Å². The lowest BCUT2D eigenvalue weighted by Crippen LogP contribution is -2.33. The van der Waals surface area contributed by atoms with E-state index in [2.05, 4.69) is 10.4 Å². The highest BCUT2D eigenvalue weighted by molar-refractivity contribution is 5.75. The van der Waals surface area contributed by atoms with Crippen LogP contribution in [0.5, 0.6) is 0 Å². The van der Waals surface area contributed by atoms with E-state index in [1.165, 1.54) is 0 Å². The third-order valence-corrected chi connectivity index (χ3v) is 1.99. The van der Waals surface area contributed by atoms with Gasteiger partial charge in [-0.1, -0.05) is 0 Å². The van der Waals surface area contributed by atoms with Gasteiger partial charge in [-0.15, -0.1) is 0 Å². The lowest BCUT2D eigenvalue weighted by atomic mass is 10.4. The van der Waals surface area contributed by atoms with Crippen LogP contribution in [-0.2, 0) is 11.3 Å². The Hall–Kier alpha value is -1.36. The first-order chi connectivity index (χ1) is 6.99. The number of aromatic nitrogens is 2. The Morgan fingerprint density at radius 2 is 2.33 bits per heavy atom. The highest BCUT2D eigenvalue weighted by atomic mass is 16.3. The largest absolute Gasteiger partial charge is 0.392 e. The van der Waals surface area contributed by atoms with E-state index in [0.717, 1.165) is 11.4 Å². The molecule has 1 atom stereocenters. The van der Waals surface area contributed by atoms with Crippen LogP contribution in [0.4, 0.5) is 0 Å². The molecule has 0 unspecified atom stereocenters. The van der Waals surface area contributed by atoms with E-state index in [-0.39, 0.29) is 19.0 Å². The van der Waals surface area contributed by atoms with Crippen LogP contribution in [0.2, 0.25) is 0 Å². The van der Waals surface area contributed by atoms with Crippen molar-refractivity contribution in [3.63, 3.8) is 0 Å². The maximum Gasteiger partial charge on any atom is 0.241 e. The molecule has 0 aliphatic rings. The van der Waals surface area contributed by atoms with Crippen LogP contribution in [0.25, 0.3) is 0 Å². The number of aliphatic hydroxyl groups is 1. The zero-order chi connectivity index (χ0) is 11.4. The summed E-state index contributed by atoms with van der Waals surface area (Å²) < 4.78 is 1.65. The molecular weight excluding hydrogens is 194 g/mol. The third-order valence-electron chi connectivity index (χ3n) is 1.99. The topological polar surface area (TPSA) is 67.2 Å². The number of hydrogen-bond acceptors (Lipinski definition) is 3. The first-order valence-corrected chi connectivity index (χ1v) is 4.95. The number of nitrogens with one attached hydrogen (secondary N) is 1. The Kier molecular flexibility index (Phi) is 3.85. The summed E-state index contributed by atoms with van der Waals surface area (Å²) in [4.78, 5) is 11.4. The SMILES string of the molecule is Cc1cc(C)n(CC(=O)NC[C@@H](C)O)n1. The Morgan fingerprint density at radius 1 is 1.67 bits per heavy atom. The Morgan fingerprint density at radius 3 is 2.80 bits per heavy atom. The maximum absolute atomic E-state index is 11.4. The predicted octanol–water partition coefficient (Wildman–Crippen LogP) is -0.00306. The summed E-state index contributed by atoms with van der Waals surface area (Å²) in [5.74, 6) is -0.137. The van der Waals surface area contributed by atoms with Crippen molar-refractivity contribution in [2.75, 3.05) is 6.54 Å². The summed E-state index contributed by atoms with van der Waals surface area (Å²) in [6.07, 6.45) is -0.519.